The van der Waals surface area contributed by atoms with Gasteiger partial charge in [0.25, 0.3) is 5.91 Å². The Morgan fingerprint density at radius 1 is 1.04 bits per heavy atom. The van der Waals surface area contributed by atoms with Crippen LogP contribution in [0.25, 0.3) is 10.2 Å². The smallest absolute Gasteiger partial charge is 0.257 e. The van der Waals surface area contributed by atoms with Gasteiger partial charge in [-0.1, -0.05) is 35.1 Å². The first-order valence-electron chi connectivity index (χ1n) is 7.91. The Bertz CT molecular complexity index is 992. The lowest BCUT2D eigenvalue weighted by Crippen LogP contribution is -2.34. The predicted molar refractivity (Wildman–Crippen MR) is 109 cm³/mol. The van der Waals surface area contributed by atoms with Crippen molar-refractivity contribution in [2.75, 3.05) is 5.32 Å². The van der Waals surface area contributed by atoms with Gasteiger partial charge in [-0.05, 0) is 68.7 Å². The van der Waals surface area contributed by atoms with Crippen molar-refractivity contribution in [2.24, 2.45) is 0 Å². The summed E-state index contributed by atoms with van der Waals surface area (Å²) < 4.78 is 1.10. The standard InChI is InChI=1S/C19H19N3OS2/c1-10-5-6-14(12(3)7-10)17(23)21-18(24)22-19-20-16-13(4)8-11(2)9-15(16)25-19/h5-9H,1-4H3,(H2,20,21,22,23,24). The van der Waals surface area contributed by atoms with Gasteiger partial charge in [0.15, 0.2) is 10.2 Å². The summed E-state index contributed by atoms with van der Waals surface area (Å²) in [4.78, 5) is 17.0. The molecule has 0 radical (unpaired) electrons. The number of thiazole rings is 1. The fraction of sp³-hybridized carbons (Fsp3) is 0.211. The van der Waals surface area contributed by atoms with E-state index in [-0.39, 0.29) is 11.0 Å². The fourth-order valence-electron chi connectivity index (χ4n) is 2.79. The number of nitrogens with zero attached hydrogens (tertiary/aromatic N) is 1. The molecular weight excluding hydrogens is 350 g/mol. The minimum atomic E-state index is -0.219. The Morgan fingerprint density at radius 2 is 1.76 bits per heavy atom. The maximum atomic E-state index is 12.4. The first kappa shape index (κ1) is 17.5. The molecule has 0 atom stereocenters. The monoisotopic (exact) mass is 369 g/mol. The zero-order chi connectivity index (χ0) is 18.1. The normalized spacial score (nSPS) is 10.7. The number of rotatable bonds is 2. The summed E-state index contributed by atoms with van der Waals surface area (Å²) >= 11 is 6.79. The van der Waals surface area contributed by atoms with Gasteiger partial charge in [-0.15, -0.1) is 0 Å². The van der Waals surface area contributed by atoms with E-state index < -0.39 is 0 Å². The maximum absolute atomic E-state index is 12.4. The molecule has 0 saturated heterocycles. The van der Waals surface area contributed by atoms with Gasteiger partial charge in [-0.3, -0.25) is 10.1 Å². The van der Waals surface area contributed by atoms with Crippen LogP contribution in [0.5, 0.6) is 0 Å². The number of amides is 1. The fourth-order valence-corrected chi connectivity index (χ4v) is 4.09. The molecule has 0 saturated carbocycles. The first-order valence-corrected chi connectivity index (χ1v) is 9.13. The van der Waals surface area contributed by atoms with Crippen molar-refractivity contribution in [3.8, 4) is 0 Å². The van der Waals surface area contributed by atoms with Crippen molar-refractivity contribution in [3.63, 3.8) is 0 Å². The third-order valence-corrected chi connectivity index (χ3v) is 5.03. The summed E-state index contributed by atoms with van der Waals surface area (Å²) in [6.07, 6.45) is 0. The summed E-state index contributed by atoms with van der Waals surface area (Å²) in [6.45, 7) is 8.02. The average molecular weight is 370 g/mol. The molecule has 1 aromatic heterocycles. The molecule has 2 aromatic carbocycles. The van der Waals surface area contributed by atoms with Crippen LogP contribution in [0, 0.1) is 27.7 Å². The van der Waals surface area contributed by atoms with Crippen LogP contribution >= 0.6 is 23.6 Å². The van der Waals surface area contributed by atoms with Crippen molar-refractivity contribution < 1.29 is 4.79 Å². The van der Waals surface area contributed by atoms with E-state index >= 15 is 0 Å². The molecule has 1 amide bonds. The number of hydrogen-bond donors (Lipinski definition) is 2. The molecule has 1 heterocycles. The SMILES string of the molecule is Cc1ccc(C(=O)NC(=S)Nc2nc3c(C)cc(C)cc3s2)c(C)c1. The number of aromatic nitrogens is 1. The van der Waals surface area contributed by atoms with Gasteiger partial charge in [0, 0.05) is 5.56 Å². The summed E-state index contributed by atoms with van der Waals surface area (Å²) in [5, 5.41) is 6.66. The second-order valence-corrected chi connectivity index (χ2v) is 7.61. The predicted octanol–water partition coefficient (Wildman–Crippen LogP) is 4.66. The van der Waals surface area contributed by atoms with Crippen molar-refractivity contribution >= 4 is 49.9 Å². The second kappa shape index (κ2) is 6.90. The van der Waals surface area contributed by atoms with E-state index in [4.69, 9.17) is 12.2 Å². The van der Waals surface area contributed by atoms with Gasteiger partial charge in [-0.2, -0.15) is 0 Å². The molecule has 0 fully saturated rings. The van der Waals surface area contributed by atoms with Crippen LogP contribution in [0.15, 0.2) is 30.3 Å². The third kappa shape index (κ3) is 3.86. The third-order valence-electron chi connectivity index (χ3n) is 3.90. The lowest BCUT2D eigenvalue weighted by molar-refractivity contribution is 0.0977. The molecule has 0 aliphatic rings. The van der Waals surface area contributed by atoms with E-state index in [2.05, 4.69) is 34.7 Å². The van der Waals surface area contributed by atoms with Crippen molar-refractivity contribution in [1.82, 2.24) is 10.3 Å². The van der Waals surface area contributed by atoms with E-state index in [1.807, 2.05) is 39.0 Å². The summed E-state index contributed by atoms with van der Waals surface area (Å²) in [5.41, 5.74) is 5.95. The highest BCUT2D eigenvalue weighted by molar-refractivity contribution is 7.80. The molecule has 0 aliphatic heterocycles. The van der Waals surface area contributed by atoms with Crippen LogP contribution in [0.1, 0.15) is 32.6 Å². The van der Waals surface area contributed by atoms with E-state index in [0.29, 0.717) is 10.7 Å². The number of carbonyl (C=O) groups is 1. The van der Waals surface area contributed by atoms with E-state index in [1.54, 1.807) is 0 Å². The summed E-state index contributed by atoms with van der Waals surface area (Å²) in [5.74, 6) is -0.219. The molecule has 6 heteroatoms. The molecule has 3 aromatic rings. The Labute approximate surface area is 156 Å². The van der Waals surface area contributed by atoms with Crippen LogP contribution < -0.4 is 10.6 Å². The number of anilines is 1. The molecule has 0 aliphatic carbocycles. The second-order valence-electron chi connectivity index (χ2n) is 6.17. The van der Waals surface area contributed by atoms with Crippen molar-refractivity contribution in [3.05, 3.63) is 58.1 Å². The number of nitrogens with one attached hydrogen (secondary N) is 2. The van der Waals surface area contributed by atoms with Gasteiger partial charge in [-0.25, -0.2) is 4.98 Å². The quantitative estimate of drug-likeness (QED) is 0.645. The van der Waals surface area contributed by atoms with Gasteiger partial charge in [0.2, 0.25) is 0 Å². The van der Waals surface area contributed by atoms with E-state index in [0.717, 1.165) is 26.9 Å². The van der Waals surface area contributed by atoms with Crippen LogP contribution in [0.2, 0.25) is 0 Å². The van der Waals surface area contributed by atoms with Crippen LogP contribution in [-0.4, -0.2) is 16.0 Å². The number of thiocarbonyl (C=S) groups is 1. The topological polar surface area (TPSA) is 54.0 Å². The largest absolute Gasteiger partial charge is 0.308 e. The van der Waals surface area contributed by atoms with E-state index in [9.17, 15) is 4.79 Å². The Balaban J connectivity index is 1.74. The van der Waals surface area contributed by atoms with Gasteiger partial charge in [0.1, 0.15) is 0 Å². The number of benzene rings is 2. The van der Waals surface area contributed by atoms with Gasteiger partial charge >= 0.3 is 0 Å². The Morgan fingerprint density at radius 3 is 2.48 bits per heavy atom. The molecule has 0 unspecified atom stereocenters. The first-order chi connectivity index (χ1) is 11.8. The Kier molecular flexibility index (Phi) is 4.83. The van der Waals surface area contributed by atoms with Crippen LogP contribution in [0.3, 0.4) is 0 Å². The number of fused-ring (bicyclic) bond motifs is 1. The number of hydrogen-bond acceptors (Lipinski definition) is 4. The highest BCUT2D eigenvalue weighted by atomic mass is 32.1. The summed E-state index contributed by atoms with van der Waals surface area (Å²) in [6, 6.07) is 9.90. The van der Waals surface area contributed by atoms with Crippen molar-refractivity contribution in [2.45, 2.75) is 27.7 Å². The molecule has 4 nitrogen and oxygen atoms in total. The minimum absolute atomic E-state index is 0.219. The lowest BCUT2D eigenvalue weighted by atomic mass is 10.1. The molecule has 0 bridgehead atoms. The molecule has 128 valence electrons. The lowest BCUT2D eigenvalue weighted by Gasteiger charge is -2.09. The molecule has 2 N–H and O–H groups in total. The van der Waals surface area contributed by atoms with Gasteiger partial charge in [0.05, 0.1) is 10.2 Å². The molecule has 25 heavy (non-hydrogen) atoms. The maximum Gasteiger partial charge on any atom is 0.257 e. The van der Waals surface area contributed by atoms with Crippen LogP contribution in [0.4, 0.5) is 5.13 Å². The zero-order valence-corrected chi connectivity index (χ0v) is 16.2. The minimum Gasteiger partial charge on any atom is -0.308 e. The average Bonchev–Trinajstić information content (AvgIpc) is 2.89. The van der Waals surface area contributed by atoms with Crippen LogP contribution in [-0.2, 0) is 0 Å². The zero-order valence-electron chi connectivity index (χ0n) is 14.6. The molecule has 3 rings (SSSR count). The van der Waals surface area contributed by atoms with Crippen molar-refractivity contribution in [1.29, 1.82) is 0 Å². The molecule has 0 spiro atoms. The Hall–Kier alpha value is -2.31. The number of aryl methyl sites for hydroxylation is 4. The molecular formula is C19H19N3OS2. The highest BCUT2D eigenvalue weighted by Gasteiger charge is 2.13. The van der Waals surface area contributed by atoms with Gasteiger partial charge < -0.3 is 5.32 Å². The van der Waals surface area contributed by atoms with E-state index in [1.165, 1.54) is 16.9 Å². The highest BCUT2D eigenvalue weighted by Crippen LogP contribution is 2.29. The summed E-state index contributed by atoms with van der Waals surface area (Å²) in [7, 11) is 0. The number of carbonyl (C=O) groups excluding carboxylic acids is 1.